The van der Waals surface area contributed by atoms with Crippen LogP contribution in [0, 0.1) is 5.41 Å². The molecule has 0 aliphatic carbocycles. The molecule has 1 amide bonds. The number of quaternary nitrogens is 1. The van der Waals surface area contributed by atoms with Gasteiger partial charge in [0.1, 0.15) is 0 Å². The number of hydrogen-bond acceptors (Lipinski definition) is 3. The van der Waals surface area contributed by atoms with Gasteiger partial charge in [0.05, 0.1) is 27.2 Å². The van der Waals surface area contributed by atoms with E-state index in [0.717, 1.165) is 36.6 Å². The molecule has 1 aliphatic rings. The maximum atomic E-state index is 10.7. The highest BCUT2D eigenvalue weighted by molar-refractivity contribution is 5.85. The van der Waals surface area contributed by atoms with E-state index in [4.69, 9.17) is 5.41 Å². The van der Waals surface area contributed by atoms with Crippen molar-refractivity contribution in [2.45, 2.75) is 12.8 Å². The van der Waals surface area contributed by atoms with Gasteiger partial charge in [-0.3, -0.25) is 4.79 Å². The Labute approximate surface area is 146 Å². The van der Waals surface area contributed by atoms with Gasteiger partial charge < -0.3 is 19.9 Å². The molecule has 0 unspecified atom stereocenters. The Kier molecular flexibility index (Phi) is 17.1. The topological polar surface area (TPSA) is 67.2 Å². The number of nitrogens with zero attached hydrogens (tertiary/aromatic N) is 2. The first-order valence-electron chi connectivity index (χ1n) is 7.07. The third-order valence-electron chi connectivity index (χ3n) is 2.76. The zero-order chi connectivity index (χ0) is 17.6. The average molecular weight is 344 g/mol. The number of amides is 1. The molecule has 0 radical (unpaired) electrons. The quantitative estimate of drug-likeness (QED) is 0.347. The molecule has 1 heterocycles. The highest BCUT2D eigenvalue weighted by atomic mass is 35.5. The summed E-state index contributed by atoms with van der Waals surface area (Å²) in [7, 11) is 4.31. The number of likely N-dealkylation sites (tertiary alicyclic amines) is 1. The Morgan fingerprint density at radius 3 is 1.87 bits per heavy atom. The highest BCUT2D eigenvalue weighted by Crippen LogP contribution is 2.08. The number of carbonyl (C=O) groups excluding carboxylic acids is 1. The van der Waals surface area contributed by atoms with Crippen molar-refractivity contribution in [1.82, 2.24) is 4.90 Å². The van der Waals surface area contributed by atoms with Crippen LogP contribution in [0.25, 0.3) is 0 Å². The molecule has 5 nitrogen and oxygen atoms in total. The van der Waals surface area contributed by atoms with Gasteiger partial charge in [-0.25, -0.2) is 0 Å². The van der Waals surface area contributed by atoms with E-state index >= 15 is 0 Å². The minimum Gasteiger partial charge on any atom is -0.859 e. The fourth-order valence-electron chi connectivity index (χ4n) is 1.64. The van der Waals surface area contributed by atoms with Crippen molar-refractivity contribution in [3.8, 4) is 0 Å². The molecule has 0 spiro atoms. The number of hydrogen-bond donors (Lipinski definition) is 1. The van der Waals surface area contributed by atoms with Crippen LogP contribution in [0.4, 0.5) is 0 Å². The summed E-state index contributed by atoms with van der Waals surface area (Å²) in [4.78, 5) is 12.3. The molecule has 23 heavy (non-hydrogen) atoms. The molecule has 0 aromatic heterocycles. The van der Waals surface area contributed by atoms with Crippen LogP contribution >= 0.6 is 12.4 Å². The van der Waals surface area contributed by atoms with E-state index in [1.54, 1.807) is 11.1 Å². The molecule has 1 rings (SSSR count). The number of halogens is 1. The molecule has 0 saturated carbocycles. The maximum absolute atomic E-state index is 10.7. The molecule has 132 valence electrons. The van der Waals surface area contributed by atoms with Gasteiger partial charge in [0, 0.05) is 13.0 Å². The second-order valence-corrected chi connectivity index (χ2v) is 5.32. The molecule has 1 N–H and O–H groups in total. The minimum atomic E-state index is -0.731. The number of nitrogens with one attached hydrogen (secondary N) is 1. The molecule has 6 heteroatoms. The summed E-state index contributed by atoms with van der Waals surface area (Å²) in [5, 5.41) is 15.4. The first-order chi connectivity index (χ1) is 10.2. The third-order valence-corrected chi connectivity index (χ3v) is 2.76. The van der Waals surface area contributed by atoms with Gasteiger partial charge in [0.25, 0.3) is 0 Å². The lowest BCUT2D eigenvalue weighted by Gasteiger charge is -2.26. The Balaban J connectivity index is -0.000000265. The van der Waals surface area contributed by atoms with Gasteiger partial charge in [0.2, 0.25) is 5.91 Å². The van der Waals surface area contributed by atoms with Crippen LogP contribution in [0.1, 0.15) is 12.8 Å². The van der Waals surface area contributed by atoms with Crippen LogP contribution in [0.5, 0.6) is 0 Å². The lowest BCUT2D eigenvalue weighted by Crippen LogP contribution is -2.39. The molecule has 1 aliphatic heterocycles. The molecule has 0 aromatic rings. The predicted molar refractivity (Wildman–Crippen MR) is 98.6 cm³/mol. The summed E-state index contributed by atoms with van der Waals surface area (Å²) in [5.74, 6) is -0.523. The van der Waals surface area contributed by atoms with Crippen molar-refractivity contribution in [3.63, 3.8) is 0 Å². The first kappa shape index (κ1) is 26.1. The summed E-state index contributed by atoms with van der Waals surface area (Å²) in [6.07, 6.45) is 8.10. The van der Waals surface area contributed by atoms with E-state index < -0.39 is 5.90 Å². The molecule has 1 fully saturated rings. The number of carbonyl (C=O) groups is 1. The number of likely N-dealkylation sites (N-methyl/N-ethyl adjacent to an activating group) is 1. The van der Waals surface area contributed by atoms with E-state index in [0.29, 0.717) is 6.42 Å². The minimum absolute atomic E-state index is 0. The first-order valence-corrected chi connectivity index (χ1v) is 7.07. The van der Waals surface area contributed by atoms with Crippen molar-refractivity contribution in [2.24, 2.45) is 0 Å². The summed E-state index contributed by atoms with van der Waals surface area (Å²) in [5.41, 5.74) is 0. The van der Waals surface area contributed by atoms with Gasteiger partial charge in [-0.15, -0.1) is 12.4 Å². The normalized spacial score (nSPS) is 12.4. The van der Waals surface area contributed by atoms with Gasteiger partial charge in [-0.2, -0.15) is 0 Å². The second-order valence-electron chi connectivity index (χ2n) is 5.32. The predicted octanol–water partition coefficient (Wildman–Crippen LogP) is 2.12. The van der Waals surface area contributed by atoms with Gasteiger partial charge >= 0.3 is 0 Å². The molecular weight excluding hydrogens is 314 g/mol. The van der Waals surface area contributed by atoms with Crippen molar-refractivity contribution in [1.29, 1.82) is 5.41 Å². The molecular formula is C17H30ClN3O2. The lowest BCUT2D eigenvalue weighted by molar-refractivity contribution is -0.878. The monoisotopic (exact) mass is 343 g/mol. The standard InChI is InChI=1S/C8H16N.C6H9NO.C3H5NO.ClH/c1-5-7-9(3,4)8-6-2;1-2-7-5-3-4-6(7)8;1-2-3(4)5;/h5-6H,1-2,7-8H2,3-4H3;2H,1,3-5H2;2H,1H2,(H2,4,5);1H/q+1;;;/p-1. The van der Waals surface area contributed by atoms with Crippen molar-refractivity contribution in [2.75, 3.05) is 33.7 Å². The Morgan fingerprint density at radius 2 is 1.70 bits per heavy atom. The molecule has 0 bridgehead atoms. The summed E-state index contributed by atoms with van der Waals surface area (Å²) in [6.45, 7) is 16.8. The van der Waals surface area contributed by atoms with E-state index in [-0.39, 0.29) is 18.3 Å². The largest absolute Gasteiger partial charge is 0.859 e. The van der Waals surface area contributed by atoms with Crippen LogP contribution < -0.4 is 5.11 Å². The lowest BCUT2D eigenvalue weighted by atomic mass is 10.4. The SMILES string of the molecule is C=CC(=N)[O-].C=CC[N+](C)(C)CC=C.C=CN1CCCC1=O.Cl. The van der Waals surface area contributed by atoms with Crippen LogP contribution in [0.15, 0.2) is 50.7 Å². The van der Waals surface area contributed by atoms with E-state index in [1.807, 2.05) is 12.2 Å². The molecule has 1 saturated heterocycles. The zero-order valence-corrected chi connectivity index (χ0v) is 15.1. The fourth-order valence-corrected chi connectivity index (χ4v) is 1.64. The summed E-state index contributed by atoms with van der Waals surface area (Å²) < 4.78 is 0.951. The maximum Gasteiger partial charge on any atom is 0.226 e. The highest BCUT2D eigenvalue weighted by Gasteiger charge is 2.16. The van der Waals surface area contributed by atoms with Crippen LogP contribution in [0.3, 0.4) is 0 Å². The summed E-state index contributed by atoms with van der Waals surface area (Å²) >= 11 is 0. The van der Waals surface area contributed by atoms with Gasteiger partial charge in [0.15, 0.2) is 0 Å². The van der Waals surface area contributed by atoms with Crippen molar-refractivity contribution in [3.05, 3.63) is 50.7 Å². The van der Waals surface area contributed by atoms with Gasteiger partial charge in [-0.05, 0) is 30.7 Å². The molecule has 0 aromatic carbocycles. The summed E-state index contributed by atoms with van der Waals surface area (Å²) in [6, 6.07) is 0. The Hall–Kier alpha value is -1.85. The van der Waals surface area contributed by atoms with Crippen LogP contribution in [-0.2, 0) is 4.79 Å². The second kappa shape index (κ2) is 15.1. The number of rotatable bonds is 6. The molecule has 0 atom stereocenters. The van der Waals surface area contributed by atoms with E-state index in [9.17, 15) is 9.90 Å². The smallest absolute Gasteiger partial charge is 0.226 e. The van der Waals surface area contributed by atoms with E-state index in [1.165, 1.54) is 0 Å². The average Bonchev–Trinajstić information content (AvgIpc) is 2.85. The van der Waals surface area contributed by atoms with Crippen molar-refractivity contribution < 1.29 is 14.4 Å². The van der Waals surface area contributed by atoms with Crippen LogP contribution in [-0.4, -0.2) is 54.9 Å². The zero-order valence-electron chi connectivity index (χ0n) is 14.3. The van der Waals surface area contributed by atoms with Crippen LogP contribution in [0.2, 0.25) is 0 Å². The Morgan fingerprint density at radius 1 is 1.26 bits per heavy atom. The van der Waals surface area contributed by atoms with E-state index in [2.05, 4.69) is 40.4 Å². The fraction of sp³-hybridized carbons (Fsp3) is 0.412. The Bertz CT molecular complexity index is 395. The van der Waals surface area contributed by atoms with Crippen molar-refractivity contribution >= 4 is 24.2 Å². The third kappa shape index (κ3) is 16.3. The van der Waals surface area contributed by atoms with Gasteiger partial charge in [-0.1, -0.05) is 32.4 Å².